The lowest BCUT2D eigenvalue weighted by atomic mass is 9.77. The quantitative estimate of drug-likeness (QED) is 0.752. The van der Waals surface area contributed by atoms with E-state index in [-0.39, 0.29) is 12.0 Å². The number of carbonyl (C=O) groups is 1. The second-order valence-corrected chi connectivity index (χ2v) is 8.37. The van der Waals surface area contributed by atoms with Crippen molar-refractivity contribution in [1.82, 2.24) is 19.8 Å². The van der Waals surface area contributed by atoms with Gasteiger partial charge in [0, 0.05) is 39.3 Å². The summed E-state index contributed by atoms with van der Waals surface area (Å²) in [4.78, 5) is 28.1. The molecule has 1 aromatic heterocycles. The zero-order valence-electron chi connectivity index (χ0n) is 17.1. The van der Waals surface area contributed by atoms with Crippen LogP contribution in [0.3, 0.4) is 0 Å². The van der Waals surface area contributed by atoms with Crippen LogP contribution in [0.2, 0.25) is 0 Å². The van der Waals surface area contributed by atoms with Crippen molar-refractivity contribution >= 4 is 11.7 Å². The van der Waals surface area contributed by atoms with Crippen molar-refractivity contribution in [3.63, 3.8) is 0 Å². The van der Waals surface area contributed by atoms with Gasteiger partial charge in [-0.25, -0.2) is 4.98 Å². The highest BCUT2D eigenvalue weighted by Gasteiger charge is 2.43. The second kappa shape index (κ2) is 8.31. The van der Waals surface area contributed by atoms with Gasteiger partial charge in [0.25, 0.3) is 5.91 Å². The maximum Gasteiger partial charge on any atom is 0.274 e. The van der Waals surface area contributed by atoms with E-state index in [1.807, 2.05) is 7.11 Å². The molecule has 3 heterocycles. The zero-order chi connectivity index (χ0) is 19.7. The largest absolute Gasteiger partial charge is 0.380 e. The van der Waals surface area contributed by atoms with Crippen LogP contribution in [0.5, 0.6) is 0 Å². The van der Waals surface area contributed by atoms with E-state index in [1.165, 1.54) is 0 Å². The van der Waals surface area contributed by atoms with Gasteiger partial charge >= 0.3 is 0 Å². The third kappa shape index (κ3) is 3.86. The van der Waals surface area contributed by atoms with E-state index in [4.69, 9.17) is 9.47 Å². The van der Waals surface area contributed by atoms with Gasteiger partial charge in [0.05, 0.1) is 31.7 Å². The fourth-order valence-electron chi connectivity index (χ4n) is 4.91. The molecule has 2 saturated heterocycles. The highest BCUT2D eigenvalue weighted by Crippen LogP contribution is 2.39. The summed E-state index contributed by atoms with van der Waals surface area (Å²) in [5, 5.41) is 0. The molecular formula is C20H31N5O3. The maximum absolute atomic E-state index is 12.7. The number of amides is 1. The number of ether oxygens (including phenoxy) is 2. The van der Waals surface area contributed by atoms with Gasteiger partial charge in [-0.05, 0) is 38.8 Å². The van der Waals surface area contributed by atoms with E-state index in [9.17, 15) is 4.79 Å². The first-order valence-corrected chi connectivity index (χ1v) is 10.2. The third-order valence-electron chi connectivity index (χ3n) is 6.51. The summed E-state index contributed by atoms with van der Waals surface area (Å²) < 4.78 is 11.1. The molecule has 8 nitrogen and oxygen atoms in total. The van der Waals surface area contributed by atoms with Crippen molar-refractivity contribution < 1.29 is 14.3 Å². The molecule has 0 aromatic carbocycles. The lowest BCUT2D eigenvalue weighted by molar-refractivity contribution is -0.0209. The molecule has 0 radical (unpaired) electrons. The van der Waals surface area contributed by atoms with Gasteiger partial charge in [0.15, 0.2) is 0 Å². The van der Waals surface area contributed by atoms with Crippen LogP contribution in [0.25, 0.3) is 0 Å². The van der Waals surface area contributed by atoms with Crippen LogP contribution < -0.4 is 4.90 Å². The summed E-state index contributed by atoms with van der Waals surface area (Å²) >= 11 is 0. The van der Waals surface area contributed by atoms with Crippen molar-refractivity contribution in [1.29, 1.82) is 0 Å². The number of carbonyl (C=O) groups excluding carboxylic acids is 1. The van der Waals surface area contributed by atoms with Crippen LogP contribution >= 0.6 is 0 Å². The van der Waals surface area contributed by atoms with Crippen molar-refractivity contribution in [3.8, 4) is 0 Å². The molecule has 4 rings (SSSR count). The first kappa shape index (κ1) is 19.5. The molecule has 154 valence electrons. The lowest BCUT2D eigenvalue weighted by Gasteiger charge is -2.40. The number of fused-ring (bicyclic) bond motifs is 1. The fraction of sp³-hybridized carbons (Fsp3) is 0.750. The summed E-state index contributed by atoms with van der Waals surface area (Å²) in [6.07, 6.45) is 5.84. The molecule has 1 aromatic rings. The maximum atomic E-state index is 12.7. The van der Waals surface area contributed by atoms with Crippen LogP contribution in [0.15, 0.2) is 12.4 Å². The molecule has 0 bridgehead atoms. The van der Waals surface area contributed by atoms with E-state index >= 15 is 0 Å². The summed E-state index contributed by atoms with van der Waals surface area (Å²) in [5.41, 5.74) is 0.426. The Hall–Kier alpha value is -1.77. The molecule has 28 heavy (non-hydrogen) atoms. The number of likely N-dealkylation sites (N-methyl/N-ethyl adjacent to an activating group) is 1. The SMILES string of the molecule is CO[C@@H]1C[C@H]2CN(c3cncc(C(=O)N4CCOCC4)n3)C[C@H]2C[C@H]1N(C)C. The summed E-state index contributed by atoms with van der Waals surface area (Å²) in [5.74, 6) is 1.98. The van der Waals surface area contributed by atoms with Crippen LogP contribution in [0.1, 0.15) is 23.3 Å². The van der Waals surface area contributed by atoms with Gasteiger partial charge in [-0.15, -0.1) is 0 Å². The van der Waals surface area contributed by atoms with Crippen molar-refractivity contribution in [2.24, 2.45) is 11.8 Å². The Morgan fingerprint density at radius 2 is 1.89 bits per heavy atom. The standard InChI is InChI=1S/C20H31N5O3/c1-23(2)17-8-14-12-25(13-15(14)9-18(17)27-3)19-11-21-10-16(22-19)20(26)24-4-6-28-7-5-24/h10-11,14-15,17-18H,4-9,12-13H2,1-3H3/t14-,15+,17-,18-/m1/s1. The molecule has 4 atom stereocenters. The first-order valence-electron chi connectivity index (χ1n) is 10.2. The van der Waals surface area contributed by atoms with Crippen molar-refractivity contribution in [2.75, 3.05) is 65.5 Å². The Labute approximate surface area is 166 Å². The monoisotopic (exact) mass is 389 g/mol. The normalized spacial score (nSPS) is 30.6. The van der Waals surface area contributed by atoms with E-state index in [0.29, 0.717) is 49.9 Å². The van der Waals surface area contributed by atoms with Gasteiger partial charge in [0.1, 0.15) is 11.5 Å². The number of hydrogen-bond donors (Lipinski definition) is 0. The average Bonchev–Trinajstić information content (AvgIpc) is 3.16. The first-order chi connectivity index (χ1) is 13.6. The summed E-state index contributed by atoms with van der Waals surface area (Å²) in [6, 6.07) is 0.450. The minimum atomic E-state index is -0.0543. The molecule has 3 aliphatic rings. The molecule has 0 spiro atoms. The third-order valence-corrected chi connectivity index (χ3v) is 6.51. The molecule has 0 unspecified atom stereocenters. The van der Waals surface area contributed by atoms with Crippen molar-refractivity contribution in [3.05, 3.63) is 18.1 Å². The van der Waals surface area contributed by atoms with E-state index < -0.39 is 0 Å². The van der Waals surface area contributed by atoms with Gasteiger partial charge in [-0.1, -0.05) is 0 Å². The molecular weight excluding hydrogens is 358 g/mol. The summed E-state index contributed by atoms with van der Waals surface area (Å²) in [7, 11) is 6.09. The van der Waals surface area contributed by atoms with E-state index in [1.54, 1.807) is 17.3 Å². The highest BCUT2D eigenvalue weighted by molar-refractivity contribution is 5.92. The van der Waals surface area contributed by atoms with Crippen LogP contribution in [0.4, 0.5) is 5.82 Å². The smallest absolute Gasteiger partial charge is 0.274 e. The number of aromatic nitrogens is 2. The molecule has 3 fully saturated rings. The number of methoxy groups -OCH3 is 1. The fourth-order valence-corrected chi connectivity index (χ4v) is 4.91. The number of rotatable bonds is 4. The molecule has 1 aliphatic carbocycles. The number of hydrogen-bond acceptors (Lipinski definition) is 7. The predicted molar refractivity (Wildman–Crippen MR) is 105 cm³/mol. The van der Waals surface area contributed by atoms with Gasteiger partial charge in [0.2, 0.25) is 0 Å². The Bertz CT molecular complexity index is 694. The number of morpholine rings is 1. The topological polar surface area (TPSA) is 71.0 Å². The number of nitrogens with zero attached hydrogens (tertiary/aromatic N) is 5. The summed E-state index contributed by atoms with van der Waals surface area (Å²) in [6.45, 7) is 4.32. The lowest BCUT2D eigenvalue weighted by Crippen LogP contribution is -2.47. The van der Waals surface area contributed by atoms with Crippen LogP contribution in [-0.4, -0.2) is 98.4 Å². The van der Waals surface area contributed by atoms with E-state index in [2.05, 4.69) is 33.9 Å². The Balaban J connectivity index is 1.46. The van der Waals surface area contributed by atoms with Crippen molar-refractivity contribution in [2.45, 2.75) is 25.0 Å². The highest BCUT2D eigenvalue weighted by atomic mass is 16.5. The molecule has 1 amide bonds. The minimum absolute atomic E-state index is 0.0543. The predicted octanol–water partition coefficient (Wildman–Crippen LogP) is 0.740. The van der Waals surface area contributed by atoms with Crippen LogP contribution in [-0.2, 0) is 9.47 Å². The van der Waals surface area contributed by atoms with Gasteiger partial charge < -0.3 is 24.2 Å². The minimum Gasteiger partial charge on any atom is -0.380 e. The number of anilines is 1. The van der Waals surface area contributed by atoms with Gasteiger partial charge in [-0.3, -0.25) is 9.78 Å². The molecule has 0 N–H and O–H groups in total. The molecule has 2 aliphatic heterocycles. The van der Waals surface area contributed by atoms with Gasteiger partial charge in [-0.2, -0.15) is 0 Å². The van der Waals surface area contributed by atoms with E-state index in [0.717, 1.165) is 31.7 Å². The Morgan fingerprint density at radius 3 is 2.57 bits per heavy atom. The van der Waals surface area contributed by atoms with Crippen LogP contribution in [0, 0.1) is 11.8 Å². The second-order valence-electron chi connectivity index (χ2n) is 8.37. The molecule has 1 saturated carbocycles. The zero-order valence-corrected chi connectivity index (χ0v) is 17.1. The molecule has 8 heteroatoms. The average molecular weight is 390 g/mol. The Morgan fingerprint density at radius 1 is 1.18 bits per heavy atom. The Kier molecular flexibility index (Phi) is 5.80.